The maximum absolute atomic E-state index is 5.84. The number of aliphatic imine (C=N–C) groups is 1. The lowest BCUT2D eigenvalue weighted by molar-refractivity contribution is 0.388. The third-order valence-corrected chi connectivity index (χ3v) is 3.51. The summed E-state index contributed by atoms with van der Waals surface area (Å²) in [4.78, 5) is 4.69. The van der Waals surface area contributed by atoms with Crippen molar-refractivity contribution in [3.63, 3.8) is 0 Å². The van der Waals surface area contributed by atoms with Crippen LogP contribution in [-0.4, -0.2) is 11.4 Å². The van der Waals surface area contributed by atoms with Gasteiger partial charge in [-0.25, -0.2) is 0 Å². The molecule has 0 aromatic heterocycles. The molecule has 0 saturated heterocycles. The normalized spacial score (nSPS) is 23.0. The molecular weight excluding hydrogens is 220 g/mol. The SMILES string of the molecule is CC1CC(Nc2ccc(Cl)cc2)=NC1(C)C. The van der Waals surface area contributed by atoms with E-state index < -0.39 is 0 Å². The van der Waals surface area contributed by atoms with Crippen LogP contribution in [-0.2, 0) is 0 Å². The molecular formula is C13H17ClN2. The van der Waals surface area contributed by atoms with Crippen LogP contribution in [0.2, 0.25) is 5.02 Å². The molecule has 1 N–H and O–H groups in total. The zero-order valence-electron chi connectivity index (χ0n) is 9.92. The summed E-state index contributed by atoms with van der Waals surface area (Å²) in [5.74, 6) is 1.65. The van der Waals surface area contributed by atoms with Crippen LogP contribution in [0.3, 0.4) is 0 Å². The minimum atomic E-state index is 0.0504. The Labute approximate surface area is 102 Å². The molecule has 0 bridgehead atoms. The van der Waals surface area contributed by atoms with Crippen molar-refractivity contribution >= 4 is 23.1 Å². The van der Waals surface area contributed by atoms with Crippen molar-refractivity contribution in [3.05, 3.63) is 29.3 Å². The van der Waals surface area contributed by atoms with Gasteiger partial charge in [-0.15, -0.1) is 0 Å². The minimum absolute atomic E-state index is 0.0504. The highest BCUT2D eigenvalue weighted by Gasteiger charge is 2.32. The summed E-state index contributed by atoms with van der Waals surface area (Å²) in [6, 6.07) is 7.71. The van der Waals surface area contributed by atoms with Crippen LogP contribution in [0.25, 0.3) is 0 Å². The van der Waals surface area contributed by atoms with Crippen LogP contribution in [0.15, 0.2) is 29.3 Å². The van der Waals surface area contributed by atoms with Gasteiger partial charge in [0.1, 0.15) is 5.84 Å². The smallest absolute Gasteiger partial charge is 0.102 e. The number of nitrogens with one attached hydrogen (secondary N) is 1. The minimum Gasteiger partial charge on any atom is -0.344 e. The van der Waals surface area contributed by atoms with Gasteiger partial charge in [-0.05, 0) is 44.0 Å². The van der Waals surface area contributed by atoms with E-state index >= 15 is 0 Å². The summed E-state index contributed by atoms with van der Waals surface area (Å²) < 4.78 is 0. The van der Waals surface area contributed by atoms with Crippen LogP contribution in [0, 0.1) is 5.92 Å². The van der Waals surface area contributed by atoms with Crippen molar-refractivity contribution in [1.82, 2.24) is 0 Å². The van der Waals surface area contributed by atoms with Crippen molar-refractivity contribution in [1.29, 1.82) is 0 Å². The Hall–Kier alpha value is -1.02. The molecule has 1 atom stereocenters. The van der Waals surface area contributed by atoms with E-state index in [1.165, 1.54) is 0 Å². The lowest BCUT2D eigenvalue weighted by atomic mass is 9.90. The van der Waals surface area contributed by atoms with Gasteiger partial charge < -0.3 is 5.32 Å². The molecule has 0 amide bonds. The molecule has 0 saturated carbocycles. The Bertz CT molecular complexity index is 406. The van der Waals surface area contributed by atoms with Gasteiger partial charge in [-0.3, -0.25) is 4.99 Å². The van der Waals surface area contributed by atoms with E-state index in [9.17, 15) is 0 Å². The maximum atomic E-state index is 5.84. The molecule has 1 aromatic rings. The van der Waals surface area contributed by atoms with Crippen molar-refractivity contribution in [2.24, 2.45) is 10.9 Å². The average Bonchev–Trinajstić information content (AvgIpc) is 2.44. The third kappa shape index (κ3) is 2.38. The molecule has 16 heavy (non-hydrogen) atoms. The molecule has 2 rings (SSSR count). The Morgan fingerprint density at radius 3 is 2.44 bits per heavy atom. The van der Waals surface area contributed by atoms with Crippen LogP contribution >= 0.6 is 11.6 Å². The summed E-state index contributed by atoms with van der Waals surface area (Å²) >= 11 is 5.84. The van der Waals surface area contributed by atoms with Crippen molar-refractivity contribution in [3.8, 4) is 0 Å². The van der Waals surface area contributed by atoms with Gasteiger partial charge in [0, 0.05) is 17.1 Å². The number of hydrogen-bond acceptors (Lipinski definition) is 2. The summed E-state index contributed by atoms with van der Waals surface area (Å²) in [7, 11) is 0. The van der Waals surface area contributed by atoms with E-state index in [4.69, 9.17) is 16.6 Å². The number of hydrogen-bond donors (Lipinski definition) is 1. The lowest BCUT2D eigenvalue weighted by Crippen LogP contribution is -2.21. The van der Waals surface area contributed by atoms with Crippen LogP contribution in [0.1, 0.15) is 27.2 Å². The van der Waals surface area contributed by atoms with Crippen molar-refractivity contribution < 1.29 is 0 Å². The topological polar surface area (TPSA) is 24.4 Å². The van der Waals surface area contributed by atoms with E-state index in [0.29, 0.717) is 5.92 Å². The Morgan fingerprint density at radius 1 is 1.31 bits per heavy atom. The second-order valence-electron chi connectivity index (χ2n) is 4.95. The fourth-order valence-electron chi connectivity index (χ4n) is 1.82. The van der Waals surface area contributed by atoms with E-state index in [1.54, 1.807) is 0 Å². The molecule has 0 fully saturated rings. The Balaban J connectivity index is 2.09. The molecule has 0 spiro atoms. The first-order valence-corrected chi connectivity index (χ1v) is 5.96. The van der Waals surface area contributed by atoms with Gasteiger partial charge in [-0.1, -0.05) is 18.5 Å². The molecule has 86 valence electrons. The maximum Gasteiger partial charge on any atom is 0.102 e. The van der Waals surface area contributed by atoms with Crippen molar-refractivity contribution in [2.75, 3.05) is 5.32 Å². The number of anilines is 1. The largest absolute Gasteiger partial charge is 0.344 e. The zero-order chi connectivity index (χ0) is 11.8. The first-order chi connectivity index (χ1) is 7.47. The zero-order valence-corrected chi connectivity index (χ0v) is 10.7. The summed E-state index contributed by atoms with van der Waals surface area (Å²) in [5, 5.41) is 4.10. The predicted octanol–water partition coefficient (Wildman–Crippen LogP) is 3.97. The van der Waals surface area contributed by atoms with Crippen LogP contribution < -0.4 is 5.32 Å². The fraction of sp³-hybridized carbons (Fsp3) is 0.462. The second-order valence-corrected chi connectivity index (χ2v) is 5.39. The van der Waals surface area contributed by atoms with Crippen LogP contribution in [0.4, 0.5) is 5.69 Å². The summed E-state index contributed by atoms with van der Waals surface area (Å²) in [5.41, 5.74) is 1.10. The van der Waals surface area contributed by atoms with Gasteiger partial charge in [0.25, 0.3) is 0 Å². The number of rotatable bonds is 1. The van der Waals surface area contributed by atoms with Gasteiger partial charge in [-0.2, -0.15) is 0 Å². The highest BCUT2D eigenvalue weighted by Crippen LogP contribution is 2.31. The number of halogens is 1. The molecule has 1 unspecified atom stereocenters. The van der Waals surface area contributed by atoms with E-state index in [-0.39, 0.29) is 5.54 Å². The van der Waals surface area contributed by atoms with E-state index in [2.05, 4.69) is 26.1 Å². The number of benzene rings is 1. The van der Waals surface area contributed by atoms with Gasteiger partial charge in [0.05, 0.1) is 5.54 Å². The highest BCUT2D eigenvalue weighted by atomic mass is 35.5. The summed E-state index contributed by atoms with van der Waals surface area (Å²) in [6.45, 7) is 6.59. The molecule has 3 heteroatoms. The third-order valence-electron chi connectivity index (χ3n) is 3.26. The fourth-order valence-corrected chi connectivity index (χ4v) is 1.95. The highest BCUT2D eigenvalue weighted by molar-refractivity contribution is 6.30. The van der Waals surface area contributed by atoms with Gasteiger partial charge in [0.15, 0.2) is 0 Å². The summed E-state index contributed by atoms with van der Waals surface area (Å²) in [6.07, 6.45) is 1.01. The molecule has 1 aromatic carbocycles. The molecule has 0 aliphatic carbocycles. The number of amidine groups is 1. The van der Waals surface area contributed by atoms with E-state index in [1.807, 2.05) is 24.3 Å². The molecule has 1 aliphatic heterocycles. The first-order valence-electron chi connectivity index (χ1n) is 5.59. The number of nitrogens with zero attached hydrogens (tertiary/aromatic N) is 1. The van der Waals surface area contributed by atoms with E-state index in [0.717, 1.165) is 23.0 Å². The standard InChI is InChI=1S/C13H17ClN2/c1-9-8-12(16-13(9,2)3)15-11-6-4-10(14)5-7-11/h4-7,9H,8H2,1-3H3,(H,15,16). The van der Waals surface area contributed by atoms with Crippen molar-refractivity contribution in [2.45, 2.75) is 32.7 Å². The molecule has 1 aliphatic rings. The molecule has 0 radical (unpaired) electrons. The quantitative estimate of drug-likeness (QED) is 0.784. The Morgan fingerprint density at radius 2 is 1.94 bits per heavy atom. The second kappa shape index (κ2) is 4.10. The molecule has 2 nitrogen and oxygen atoms in total. The average molecular weight is 237 g/mol. The molecule has 1 heterocycles. The first kappa shape index (κ1) is 11.5. The lowest BCUT2D eigenvalue weighted by Gasteiger charge is -2.19. The monoisotopic (exact) mass is 236 g/mol. The van der Waals surface area contributed by atoms with Gasteiger partial charge >= 0.3 is 0 Å². The van der Waals surface area contributed by atoms with Crippen LogP contribution in [0.5, 0.6) is 0 Å². The van der Waals surface area contributed by atoms with Gasteiger partial charge in [0.2, 0.25) is 0 Å². The predicted molar refractivity (Wildman–Crippen MR) is 70.4 cm³/mol. The Kier molecular flexibility index (Phi) is 2.94.